The molecule has 0 saturated carbocycles. The molecule has 7 heteroatoms. The number of ether oxygens (including phenoxy) is 3. The van der Waals surface area contributed by atoms with Crippen molar-refractivity contribution < 1.29 is 23.8 Å². The standard InChI is InChI=1S/C24H28N2O5/c1-5-12-30-23(27)21-16(3)25-24(28)26-22(21)18-10-11-19(20(13-18)29-4)31-14-17-8-6-15(2)7-9-17/h6-11,13,22H,5,12,14H2,1-4H3,(H2,25,26,28). The van der Waals surface area contributed by atoms with Gasteiger partial charge in [0.15, 0.2) is 11.5 Å². The summed E-state index contributed by atoms with van der Waals surface area (Å²) in [4.78, 5) is 24.7. The number of amides is 2. The van der Waals surface area contributed by atoms with Crippen molar-refractivity contribution in [2.45, 2.75) is 39.8 Å². The van der Waals surface area contributed by atoms with Crippen molar-refractivity contribution in [1.82, 2.24) is 10.6 Å². The van der Waals surface area contributed by atoms with Gasteiger partial charge in [-0.05, 0) is 43.5 Å². The summed E-state index contributed by atoms with van der Waals surface area (Å²) in [6, 6.07) is 12.4. The average Bonchev–Trinajstić information content (AvgIpc) is 2.76. The van der Waals surface area contributed by atoms with Crippen LogP contribution in [0.5, 0.6) is 11.5 Å². The van der Waals surface area contributed by atoms with Crippen LogP contribution in [0.1, 0.15) is 43.0 Å². The molecule has 164 valence electrons. The molecule has 0 bridgehead atoms. The molecule has 2 amide bonds. The van der Waals surface area contributed by atoms with Gasteiger partial charge in [0.05, 0.1) is 25.3 Å². The molecule has 2 N–H and O–H groups in total. The molecule has 0 spiro atoms. The SMILES string of the molecule is CCCOC(=O)C1=C(C)NC(=O)NC1c1ccc(OCc2ccc(C)cc2)c(OC)c1. The molecule has 0 radical (unpaired) electrons. The van der Waals surface area contributed by atoms with Gasteiger partial charge in [0.2, 0.25) is 0 Å². The predicted molar refractivity (Wildman–Crippen MR) is 117 cm³/mol. The first-order valence-electron chi connectivity index (χ1n) is 10.2. The normalized spacial score (nSPS) is 15.7. The lowest BCUT2D eigenvalue weighted by Gasteiger charge is -2.28. The highest BCUT2D eigenvalue weighted by Crippen LogP contribution is 2.35. The monoisotopic (exact) mass is 424 g/mol. The molecular formula is C24H28N2O5. The number of nitrogens with one attached hydrogen (secondary N) is 2. The van der Waals surface area contributed by atoms with Crippen LogP contribution in [0, 0.1) is 6.92 Å². The summed E-state index contributed by atoms with van der Waals surface area (Å²) < 4.78 is 16.8. The first-order chi connectivity index (χ1) is 14.9. The van der Waals surface area contributed by atoms with Crippen LogP contribution >= 0.6 is 0 Å². The lowest BCUT2D eigenvalue weighted by Crippen LogP contribution is -2.45. The van der Waals surface area contributed by atoms with E-state index in [1.54, 1.807) is 26.2 Å². The van der Waals surface area contributed by atoms with Crippen molar-refractivity contribution in [2.24, 2.45) is 0 Å². The number of benzene rings is 2. The van der Waals surface area contributed by atoms with Gasteiger partial charge in [-0.1, -0.05) is 42.8 Å². The number of hydrogen-bond acceptors (Lipinski definition) is 5. The third-order valence-electron chi connectivity index (χ3n) is 4.96. The van der Waals surface area contributed by atoms with Crippen molar-refractivity contribution in [3.05, 3.63) is 70.4 Å². The Hall–Kier alpha value is -3.48. The maximum atomic E-state index is 12.6. The molecule has 2 aromatic carbocycles. The zero-order valence-electron chi connectivity index (χ0n) is 18.3. The number of esters is 1. The third kappa shape index (κ3) is 5.36. The molecule has 1 unspecified atom stereocenters. The molecule has 0 saturated heterocycles. The fraction of sp³-hybridized carbons (Fsp3) is 0.333. The molecular weight excluding hydrogens is 396 g/mol. The van der Waals surface area contributed by atoms with Gasteiger partial charge in [-0.25, -0.2) is 9.59 Å². The second-order valence-electron chi connectivity index (χ2n) is 7.39. The van der Waals surface area contributed by atoms with E-state index in [9.17, 15) is 9.59 Å². The van der Waals surface area contributed by atoms with Crippen LogP contribution in [0.2, 0.25) is 0 Å². The number of aryl methyl sites for hydroxylation is 1. The minimum atomic E-state index is -0.654. The number of methoxy groups -OCH3 is 1. The smallest absolute Gasteiger partial charge is 0.338 e. The Labute approximate surface area is 182 Å². The number of urea groups is 1. The van der Waals surface area contributed by atoms with Gasteiger partial charge in [0.1, 0.15) is 6.61 Å². The van der Waals surface area contributed by atoms with Crippen LogP contribution in [-0.2, 0) is 16.1 Å². The first kappa shape index (κ1) is 22.2. The van der Waals surface area contributed by atoms with Crippen LogP contribution in [0.25, 0.3) is 0 Å². The van der Waals surface area contributed by atoms with Gasteiger partial charge in [0, 0.05) is 5.70 Å². The van der Waals surface area contributed by atoms with E-state index in [0.717, 1.165) is 5.56 Å². The number of carbonyl (C=O) groups excluding carboxylic acids is 2. The molecule has 0 aliphatic carbocycles. The summed E-state index contributed by atoms with van der Waals surface area (Å²) in [6.45, 7) is 6.35. The molecule has 1 aliphatic heterocycles. The van der Waals surface area contributed by atoms with E-state index in [4.69, 9.17) is 14.2 Å². The van der Waals surface area contributed by atoms with E-state index in [1.807, 2.05) is 44.2 Å². The number of rotatable bonds is 8. The Bertz CT molecular complexity index is 982. The minimum absolute atomic E-state index is 0.311. The van der Waals surface area contributed by atoms with Crippen LogP contribution in [0.3, 0.4) is 0 Å². The molecule has 0 aromatic heterocycles. The van der Waals surface area contributed by atoms with E-state index in [0.29, 0.717) is 48.0 Å². The fourth-order valence-corrected chi connectivity index (χ4v) is 3.32. The second-order valence-corrected chi connectivity index (χ2v) is 7.39. The molecule has 1 aliphatic rings. The summed E-state index contributed by atoms with van der Waals surface area (Å²) in [6.07, 6.45) is 0.712. The Morgan fingerprint density at radius 3 is 2.48 bits per heavy atom. The second kappa shape index (κ2) is 10.0. The summed E-state index contributed by atoms with van der Waals surface area (Å²) in [5.74, 6) is 0.620. The van der Waals surface area contributed by atoms with Crippen LogP contribution < -0.4 is 20.1 Å². The maximum Gasteiger partial charge on any atom is 0.338 e. The lowest BCUT2D eigenvalue weighted by atomic mass is 9.95. The summed E-state index contributed by atoms with van der Waals surface area (Å²) >= 11 is 0. The van der Waals surface area contributed by atoms with Gasteiger partial charge >= 0.3 is 12.0 Å². The van der Waals surface area contributed by atoms with Crippen LogP contribution in [-0.4, -0.2) is 25.7 Å². The van der Waals surface area contributed by atoms with Crippen molar-refractivity contribution in [2.75, 3.05) is 13.7 Å². The van der Waals surface area contributed by atoms with Gasteiger partial charge in [-0.2, -0.15) is 0 Å². The van der Waals surface area contributed by atoms with Crippen molar-refractivity contribution in [3.8, 4) is 11.5 Å². The number of carbonyl (C=O) groups is 2. The molecule has 2 aromatic rings. The largest absolute Gasteiger partial charge is 0.493 e. The van der Waals surface area contributed by atoms with E-state index < -0.39 is 12.0 Å². The number of hydrogen-bond donors (Lipinski definition) is 2. The third-order valence-corrected chi connectivity index (χ3v) is 4.96. The molecule has 1 heterocycles. The predicted octanol–water partition coefficient (Wildman–Crippen LogP) is 4.16. The highest BCUT2D eigenvalue weighted by atomic mass is 16.5. The topological polar surface area (TPSA) is 85.9 Å². The van der Waals surface area contributed by atoms with Crippen LogP contribution in [0.4, 0.5) is 4.79 Å². The van der Waals surface area contributed by atoms with Gasteiger partial charge < -0.3 is 24.8 Å². The summed E-state index contributed by atoms with van der Waals surface area (Å²) in [7, 11) is 1.55. The first-order valence-corrected chi connectivity index (χ1v) is 10.2. The Balaban J connectivity index is 1.85. The molecule has 0 fully saturated rings. The quantitative estimate of drug-likeness (QED) is 0.622. The highest BCUT2D eigenvalue weighted by molar-refractivity contribution is 5.95. The molecule has 7 nitrogen and oxygen atoms in total. The highest BCUT2D eigenvalue weighted by Gasteiger charge is 2.32. The van der Waals surface area contributed by atoms with Gasteiger partial charge in [-0.3, -0.25) is 0 Å². The zero-order chi connectivity index (χ0) is 22.4. The van der Waals surface area contributed by atoms with E-state index in [2.05, 4.69) is 10.6 Å². The zero-order valence-corrected chi connectivity index (χ0v) is 18.3. The molecule has 31 heavy (non-hydrogen) atoms. The van der Waals surface area contributed by atoms with Gasteiger partial charge in [0.25, 0.3) is 0 Å². The Morgan fingerprint density at radius 1 is 1.06 bits per heavy atom. The Kier molecular flexibility index (Phi) is 7.18. The average molecular weight is 424 g/mol. The molecule has 1 atom stereocenters. The number of allylic oxidation sites excluding steroid dienone is 1. The summed E-state index contributed by atoms with van der Waals surface area (Å²) in [5, 5.41) is 5.44. The maximum absolute atomic E-state index is 12.6. The lowest BCUT2D eigenvalue weighted by molar-refractivity contribution is -0.139. The minimum Gasteiger partial charge on any atom is -0.493 e. The van der Waals surface area contributed by atoms with E-state index in [-0.39, 0.29) is 6.03 Å². The van der Waals surface area contributed by atoms with Crippen molar-refractivity contribution in [3.63, 3.8) is 0 Å². The van der Waals surface area contributed by atoms with Crippen molar-refractivity contribution >= 4 is 12.0 Å². The van der Waals surface area contributed by atoms with Crippen molar-refractivity contribution in [1.29, 1.82) is 0 Å². The fourth-order valence-electron chi connectivity index (χ4n) is 3.32. The molecule has 3 rings (SSSR count). The van der Waals surface area contributed by atoms with E-state index >= 15 is 0 Å². The summed E-state index contributed by atoms with van der Waals surface area (Å²) in [5.41, 5.74) is 3.75. The van der Waals surface area contributed by atoms with Gasteiger partial charge in [-0.15, -0.1) is 0 Å². The Morgan fingerprint density at radius 2 is 1.81 bits per heavy atom. The van der Waals surface area contributed by atoms with E-state index in [1.165, 1.54) is 5.56 Å². The van der Waals surface area contributed by atoms with Crippen LogP contribution in [0.15, 0.2) is 53.7 Å².